The molecule has 0 spiro atoms. The zero-order valence-electron chi connectivity index (χ0n) is 10.9. The van der Waals surface area contributed by atoms with E-state index < -0.39 is 12.0 Å². The van der Waals surface area contributed by atoms with Crippen LogP contribution < -0.4 is 5.32 Å². The molecule has 0 aliphatic heterocycles. The smallest absolute Gasteiger partial charge is 0.333 e. The lowest BCUT2D eigenvalue weighted by atomic mass is 10.1. The van der Waals surface area contributed by atoms with E-state index in [1.807, 2.05) is 18.2 Å². The Balaban J connectivity index is 2.36. The number of methoxy groups -OCH3 is 1. The summed E-state index contributed by atoms with van der Waals surface area (Å²) in [5.74, 6) is -0.213. The first-order chi connectivity index (χ1) is 10.0. The highest BCUT2D eigenvalue weighted by Crippen LogP contribution is 2.31. The van der Waals surface area contributed by atoms with E-state index >= 15 is 0 Å². The zero-order valence-corrected chi connectivity index (χ0v) is 13.2. The van der Waals surface area contributed by atoms with Crippen molar-refractivity contribution in [1.29, 1.82) is 0 Å². The number of nitrogens with zero attached hydrogens (tertiary/aromatic N) is 1. The molecule has 2 aromatic rings. The van der Waals surface area contributed by atoms with Crippen molar-refractivity contribution in [1.82, 2.24) is 4.98 Å². The number of benzene rings is 1. The third-order valence-electron chi connectivity index (χ3n) is 2.74. The van der Waals surface area contributed by atoms with Crippen LogP contribution >= 0.6 is 34.8 Å². The fraction of sp³-hybridized carbons (Fsp3) is 0.143. The number of anilines is 1. The average Bonchev–Trinajstić information content (AvgIpc) is 2.49. The Morgan fingerprint density at radius 1 is 1.19 bits per heavy atom. The van der Waals surface area contributed by atoms with E-state index in [1.165, 1.54) is 13.2 Å². The van der Waals surface area contributed by atoms with E-state index in [0.29, 0.717) is 5.56 Å². The number of carbonyl (C=O) groups is 1. The largest absolute Gasteiger partial charge is 0.467 e. The van der Waals surface area contributed by atoms with Gasteiger partial charge in [-0.3, -0.25) is 0 Å². The molecular weight excluding hydrogens is 335 g/mol. The Morgan fingerprint density at radius 2 is 1.86 bits per heavy atom. The maximum atomic E-state index is 12.0. The van der Waals surface area contributed by atoms with Crippen LogP contribution in [0.15, 0.2) is 36.4 Å². The van der Waals surface area contributed by atoms with Crippen LogP contribution in [-0.4, -0.2) is 18.1 Å². The molecule has 0 amide bonds. The van der Waals surface area contributed by atoms with E-state index in [1.54, 1.807) is 12.1 Å². The molecule has 0 aliphatic rings. The lowest BCUT2D eigenvalue weighted by molar-refractivity contribution is -0.141. The molecule has 1 aromatic carbocycles. The number of rotatable bonds is 4. The molecule has 1 N–H and O–H groups in total. The van der Waals surface area contributed by atoms with E-state index in [2.05, 4.69) is 10.3 Å². The highest BCUT2D eigenvalue weighted by Gasteiger charge is 2.23. The van der Waals surface area contributed by atoms with Gasteiger partial charge in [-0.25, -0.2) is 9.78 Å². The molecule has 21 heavy (non-hydrogen) atoms. The van der Waals surface area contributed by atoms with Gasteiger partial charge in [0.1, 0.15) is 11.0 Å². The maximum Gasteiger partial charge on any atom is 0.333 e. The molecule has 0 saturated heterocycles. The van der Waals surface area contributed by atoms with Gasteiger partial charge in [0, 0.05) is 0 Å². The molecule has 0 fully saturated rings. The van der Waals surface area contributed by atoms with Crippen molar-refractivity contribution in [2.75, 3.05) is 12.4 Å². The van der Waals surface area contributed by atoms with Crippen molar-refractivity contribution in [3.8, 4) is 0 Å². The predicted molar refractivity (Wildman–Crippen MR) is 84.1 cm³/mol. The topological polar surface area (TPSA) is 51.2 Å². The van der Waals surface area contributed by atoms with Crippen LogP contribution in [0.5, 0.6) is 0 Å². The summed E-state index contributed by atoms with van der Waals surface area (Å²) < 4.78 is 4.80. The molecule has 110 valence electrons. The Hall–Kier alpha value is -1.49. The Kier molecular flexibility index (Phi) is 5.28. The van der Waals surface area contributed by atoms with Crippen LogP contribution in [0, 0.1) is 0 Å². The van der Waals surface area contributed by atoms with Gasteiger partial charge in [0.15, 0.2) is 6.04 Å². The van der Waals surface area contributed by atoms with Crippen LogP contribution in [0.3, 0.4) is 0 Å². The molecule has 0 bridgehead atoms. The molecule has 1 aromatic heterocycles. The van der Waals surface area contributed by atoms with Gasteiger partial charge >= 0.3 is 5.97 Å². The van der Waals surface area contributed by atoms with Gasteiger partial charge in [-0.15, -0.1) is 0 Å². The van der Waals surface area contributed by atoms with Crippen molar-refractivity contribution in [2.45, 2.75) is 6.04 Å². The minimum atomic E-state index is -0.751. The van der Waals surface area contributed by atoms with Crippen LogP contribution in [0.1, 0.15) is 11.6 Å². The highest BCUT2D eigenvalue weighted by atomic mass is 35.5. The molecule has 0 aliphatic carbocycles. The summed E-state index contributed by atoms with van der Waals surface area (Å²) in [6.07, 6.45) is 0. The number of halogens is 3. The van der Waals surface area contributed by atoms with Crippen molar-refractivity contribution >= 4 is 46.6 Å². The molecule has 0 radical (unpaired) electrons. The number of aromatic nitrogens is 1. The van der Waals surface area contributed by atoms with Gasteiger partial charge in [0.05, 0.1) is 17.2 Å². The first kappa shape index (κ1) is 15.9. The third kappa shape index (κ3) is 3.79. The Morgan fingerprint density at radius 3 is 2.48 bits per heavy atom. The molecule has 1 atom stereocenters. The molecule has 7 heteroatoms. The second-order valence-electron chi connectivity index (χ2n) is 4.10. The summed E-state index contributed by atoms with van der Waals surface area (Å²) in [6, 6.07) is 9.77. The fourth-order valence-corrected chi connectivity index (χ4v) is 2.28. The minimum Gasteiger partial charge on any atom is -0.467 e. The quantitative estimate of drug-likeness (QED) is 0.660. The standard InChI is InChI=1S/C14H11Cl3N2O2/c1-21-14(20)11(8-5-3-2-4-6-8)18-13-10(16)7-9(15)12(17)19-13/h2-7,11H,1H3,(H,18,19). The first-order valence-corrected chi connectivity index (χ1v) is 7.07. The van der Waals surface area contributed by atoms with Crippen molar-refractivity contribution in [2.24, 2.45) is 0 Å². The normalized spacial score (nSPS) is 11.8. The van der Waals surface area contributed by atoms with Gasteiger partial charge in [-0.2, -0.15) is 0 Å². The molecule has 1 unspecified atom stereocenters. The number of nitrogens with one attached hydrogen (secondary N) is 1. The van der Waals surface area contributed by atoms with E-state index in [4.69, 9.17) is 39.5 Å². The fourth-order valence-electron chi connectivity index (χ4n) is 1.72. The first-order valence-electron chi connectivity index (χ1n) is 5.93. The Labute approximate surface area is 137 Å². The number of hydrogen-bond donors (Lipinski definition) is 1. The zero-order chi connectivity index (χ0) is 15.4. The number of hydrogen-bond acceptors (Lipinski definition) is 4. The predicted octanol–water partition coefficient (Wildman–Crippen LogP) is 4.37. The van der Waals surface area contributed by atoms with Crippen molar-refractivity contribution in [3.05, 3.63) is 57.2 Å². The van der Waals surface area contributed by atoms with Gasteiger partial charge in [0.2, 0.25) is 0 Å². The number of carbonyl (C=O) groups excluding carboxylic acids is 1. The molecular formula is C14H11Cl3N2O2. The second kappa shape index (κ2) is 6.98. The summed E-state index contributed by atoms with van der Waals surface area (Å²) in [7, 11) is 1.31. The SMILES string of the molecule is COC(=O)C(Nc1nc(Cl)c(Cl)cc1Cl)c1ccccc1. The number of esters is 1. The molecule has 2 rings (SSSR count). The number of pyridine rings is 1. The summed E-state index contributed by atoms with van der Waals surface area (Å²) in [6.45, 7) is 0. The van der Waals surface area contributed by atoms with Crippen molar-refractivity contribution in [3.63, 3.8) is 0 Å². The lowest BCUT2D eigenvalue weighted by Crippen LogP contribution is -2.23. The minimum absolute atomic E-state index is 0.0974. The van der Waals surface area contributed by atoms with Crippen LogP contribution in [0.25, 0.3) is 0 Å². The second-order valence-corrected chi connectivity index (χ2v) is 5.28. The van der Waals surface area contributed by atoms with Crippen LogP contribution in [0.2, 0.25) is 15.2 Å². The van der Waals surface area contributed by atoms with Gasteiger partial charge in [-0.1, -0.05) is 65.1 Å². The maximum absolute atomic E-state index is 12.0. The number of ether oxygens (including phenoxy) is 1. The summed E-state index contributed by atoms with van der Waals surface area (Å²) in [5, 5.41) is 3.52. The lowest BCUT2D eigenvalue weighted by Gasteiger charge is -2.18. The monoisotopic (exact) mass is 344 g/mol. The molecule has 4 nitrogen and oxygen atoms in total. The van der Waals surface area contributed by atoms with E-state index in [9.17, 15) is 4.79 Å². The van der Waals surface area contributed by atoms with Crippen LogP contribution in [-0.2, 0) is 9.53 Å². The molecule has 0 saturated carbocycles. The van der Waals surface area contributed by atoms with E-state index in [-0.39, 0.29) is 21.0 Å². The van der Waals surface area contributed by atoms with Crippen molar-refractivity contribution < 1.29 is 9.53 Å². The van der Waals surface area contributed by atoms with Gasteiger partial charge in [0.25, 0.3) is 0 Å². The average molecular weight is 346 g/mol. The van der Waals surface area contributed by atoms with Crippen LogP contribution in [0.4, 0.5) is 5.82 Å². The summed E-state index contributed by atoms with van der Waals surface area (Å²) in [5.41, 5.74) is 0.716. The highest BCUT2D eigenvalue weighted by molar-refractivity contribution is 6.42. The third-order valence-corrected chi connectivity index (χ3v) is 3.70. The van der Waals surface area contributed by atoms with Gasteiger partial charge in [-0.05, 0) is 11.6 Å². The van der Waals surface area contributed by atoms with Gasteiger partial charge < -0.3 is 10.1 Å². The van der Waals surface area contributed by atoms with E-state index in [0.717, 1.165) is 0 Å². The Bertz CT molecular complexity index is 650. The summed E-state index contributed by atoms with van der Waals surface area (Å²) >= 11 is 17.8. The molecule has 1 heterocycles. The summed E-state index contributed by atoms with van der Waals surface area (Å²) in [4.78, 5) is 16.0.